The van der Waals surface area contributed by atoms with Crippen molar-refractivity contribution < 1.29 is 4.79 Å². The van der Waals surface area contributed by atoms with Gasteiger partial charge in [-0.2, -0.15) is 0 Å². The molecule has 0 bridgehead atoms. The summed E-state index contributed by atoms with van der Waals surface area (Å²) in [6.07, 6.45) is 0.959. The summed E-state index contributed by atoms with van der Waals surface area (Å²) < 4.78 is 0. The van der Waals surface area contributed by atoms with E-state index in [-0.39, 0.29) is 0 Å². The number of hydrogen-bond acceptors (Lipinski definition) is 5. The highest BCUT2D eigenvalue weighted by atomic mass is 16.1. The Morgan fingerprint density at radius 3 is 2.44 bits per heavy atom. The fourth-order valence-electron chi connectivity index (χ4n) is 2.28. The Bertz CT molecular complexity index is 416. The largest absolute Gasteiger partial charge is 0.397 e. The van der Waals surface area contributed by atoms with E-state index in [4.69, 9.17) is 11.5 Å². The first-order chi connectivity index (χ1) is 8.61. The van der Waals surface area contributed by atoms with E-state index in [1.165, 1.54) is 0 Å². The Labute approximate surface area is 107 Å². The van der Waals surface area contributed by atoms with Crippen LogP contribution in [-0.2, 0) is 4.79 Å². The highest BCUT2D eigenvalue weighted by molar-refractivity contribution is 5.73. The van der Waals surface area contributed by atoms with Gasteiger partial charge in [0.1, 0.15) is 6.29 Å². The lowest BCUT2D eigenvalue weighted by Gasteiger charge is -2.35. The van der Waals surface area contributed by atoms with Gasteiger partial charge in [0.05, 0.1) is 17.9 Å². The molecule has 1 aliphatic heterocycles. The van der Waals surface area contributed by atoms with Crippen LogP contribution >= 0.6 is 0 Å². The van der Waals surface area contributed by atoms with E-state index in [0.717, 1.165) is 43.7 Å². The summed E-state index contributed by atoms with van der Waals surface area (Å²) in [4.78, 5) is 14.9. The molecule has 5 nitrogen and oxygen atoms in total. The van der Waals surface area contributed by atoms with Gasteiger partial charge in [0.15, 0.2) is 0 Å². The Hall–Kier alpha value is -1.75. The maximum Gasteiger partial charge on any atom is 0.133 e. The van der Waals surface area contributed by atoms with E-state index in [0.29, 0.717) is 17.9 Å². The van der Waals surface area contributed by atoms with Gasteiger partial charge in [-0.1, -0.05) is 0 Å². The number of nitrogens with two attached hydrogens (primary N) is 2. The lowest BCUT2D eigenvalue weighted by atomic mass is 10.1. The molecule has 0 spiro atoms. The molecular formula is C13H20N4O. The maximum absolute atomic E-state index is 10.5. The standard InChI is InChI=1S/C13H20N4O/c1-10-8-11(9-12(14)13(10)15)17-4-2-16(3-5-17)6-7-18/h7-9H,2-6,14-15H2,1H3. The van der Waals surface area contributed by atoms with Crippen LogP contribution in [0.2, 0.25) is 0 Å². The third-order valence-corrected chi connectivity index (χ3v) is 3.47. The summed E-state index contributed by atoms with van der Waals surface area (Å²) in [5, 5.41) is 0. The van der Waals surface area contributed by atoms with Crippen LogP contribution in [0.25, 0.3) is 0 Å². The first-order valence-electron chi connectivity index (χ1n) is 6.18. The molecule has 1 saturated heterocycles. The molecule has 0 unspecified atom stereocenters. The third-order valence-electron chi connectivity index (χ3n) is 3.47. The average Bonchev–Trinajstić information content (AvgIpc) is 2.37. The minimum atomic E-state index is 0.525. The van der Waals surface area contributed by atoms with Gasteiger partial charge in [-0.15, -0.1) is 0 Å². The van der Waals surface area contributed by atoms with Crippen molar-refractivity contribution in [2.45, 2.75) is 6.92 Å². The van der Waals surface area contributed by atoms with Crippen LogP contribution < -0.4 is 16.4 Å². The third kappa shape index (κ3) is 2.56. The molecule has 1 aromatic rings. The summed E-state index contributed by atoms with van der Waals surface area (Å²) in [6.45, 7) is 6.13. The zero-order valence-electron chi connectivity index (χ0n) is 10.7. The summed E-state index contributed by atoms with van der Waals surface area (Å²) in [5.41, 5.74) is 15.2. The number of hydrogen-bond donors (Lipinski definition) is 2. The fourth-order valence-corrected chi connectivity index (χ4v) is 2.28. The van der Waals surface area contributed by atoms with E-state index in [1.807, 2.05) is 13.0 Å². The molecule has 1 heterocycles. The Kier molecular flexibility index (Phi) is 3.72. The van der Waals surface area contributed by atoms with Crippen LogP contribution in [0.5, 0.6) is 0 Å². The molecule has 1 aliphatic rings. The number of anilines is 3. The van der Waals surface area contributed by atoms with Crippen LogP contribution in [0.4, 0.5) is 17.1 Å². The van der Waals surface area contributed by atoms with Gasteiger partial charge in [0.2, 0.25) is 0 Å². The van der Waals surface area contributed by atoms with Crippen molar-refractivity contribution in [3.05, 3.63) is 17.7 Å². The van der Waals surface area contributed by atoms with Crippen LogP contribution in [0, 0.1) is 6.92 Å². The molecule has 5 heteroatoms. The molecule has 1 fully saturated rings. The van der Waals surface area contributed by atoms with E-state index in [9.17, 15) is 4.79 Å². The molecule has 98 valence electrons. The van der Waals surface area contributed by atoms with Gasteiger partial charge in [-0.3, -0.25) is 4.90 Å². The van der Waals surface area contributed by atoms with Crippen molar-refractivity contribution in [2.75, 3.05) is 49.1 Å². The molecule has 0 atom stereocenters. The summed E-state index contributed by atoms with van der Waals surface area (Å²) in [7, 11) is 0. The fraction of sp³-hybridized carbons (Fsp3) is 0.462. The van der Waals surface area contributed by atoms with Crippen LogP contribution in [0.1, 0.15) is 5.56 Å². The van der Waals surface area contributed by atoms with E-state index < -0.39 is 0 Å². The van der Waals surface area contributed by atoms with Crippen molar-refractivity contribution in [3.8, 4) is 0 Å². The van der Waals surface area contributed by atoms with Crippen LogP contribution in [0.15, 0.2) is 12.1 Å². The Morgan fingerprint density at radius 2 is 1.89 bits per heavy atom. The van der Waals surface area contributed by atoms with E-state index >= 15 is 0 Å². The first kappa shape index (κ1) is 12.7. The Morgan fingerprint density at radius 1 is 1.22 bits per heavy atom. The minimum Gasteiger partial charge on any atom is -0.397 e. The molecule has 0 amide bonds. The molecule has 2 rings (SSSR count). The summed E-state index contributed by atoms with van der Waals surface area (Å²) in [6, 6.07) is 4.00. The van der Waals surface area contributed by atoms with Gasteiger partial charge in [0.25, 0.3) is 0 Å². The van der Waals surface area contributed by atoms with Gasteiger partial charge >= 0.3 is 0 Å². The van der Waals surface area contributed by atoms with Gasteiger partial charge < -0.3 is 21.2 Å². The maximum atomic E-state index is 10.5. The number of benzene rings is 1. The predicted octanol–water partition coefficient (Wildman–Crippen LogP) is 0.480. The smallest absolute Gasteiger partial charge is 0.133 e. The molecule has 1 aromatic carbocycles. The van der Waals surface area contributed by atoms with Crippen molar-refractivity contribution in [3.63, 3.8) is 0 Å². The molecule has 0 radical (unpaired) electrons. The second-order valence-electron chi connectivity index (χ2n) is 4.72. The van der Waals surface area contributed by atoms with Crippen molar-refractivity contribution >= 4 is 23.3 Å². The monoisotopic (exact) mass is 248 g/mol. The average molecular weight is 248 g/mol. The van der Waals surface area contributed by atoms with Gasteiger partial charge in [-0.05, 0) is 24.6 Å². The van der Waals surface area contributed by atoms with Gasteiger partial charge in [-0.25, -0.2) is 0 Å². The zero-order chi connectivity index (χ0) is 13.1. The van der Waals surface area contributed by atoms with E-state index in [1.54, 1.807) is 0 Å². The quantitative estimate of drug-likeness (QED) is 0.601. The number of carbonyl (C=O) groups excluding carboxylic acids is 1. The lowest BCUT2D eigenvalue weighted by Crippen LogP contribution is -2.46. The normalized spacial score (nSPS) is 16.8. The van der Waals surface area contributed by atoms with Gasteiger partial charge in [0, 0.05) is 31.9 Å². The van der Waals surface area contributed by atoms with Crippen LogP contribution in [0.3, 0.4) is 0 Å². The number of piperazine rings is 1. The molecule has 18 heavy (non-hydrogen) atoms. The topological polar surface area (TPSA) is 75.6 Å². The summed E-state index contributed by atoms with van der Waals surface area (Å²) >= 11 is 0. The predicted molar refractivity (Wildman–Crippen MR) is 74.7 cm³/mol. The summed E-state index contributed by atoms with van der Waals surface area (Å²) in [5.74, 6) is 0. The second kappa shape index (κ2) is 5.27. The molecule has 4 N–H and O–H groups in total. The number of carbonyl (C=O) groups is 1. The van der Waals surface area contributed by atoms with Crippen molar-refractivity contribution in [2.24, 2.45) is 0 Å². The molecule has 0 aliphatic carbocycles. The number of aryl methyl sites for hydroxylation is 1. The van der Waals surface area contributed by atoms with Crippen molar-refractivity contribution in [1.29, 1.82) is 0 Å². The zero-order valence-corrected chi connectivity index (χ0v) is 10.7. The number of rotatable bonds is 3. The number of nitrogen functional groups attached to an aromatic ring is 2. The molecule has 0 saturated carbocycles. The number of nitrogens with zero attached hydrogens (tertiary/aromatic N) is 2. The number of aldehydes is 1. The second-order valence-corrected chi connectivity index (χ2v) is 4.72. The highest BCUT2D eigenvalue weighted by Crippen LogP contribution is 2.27. The highest BCUT2D eigenvalue weighted by Gasteiger charge is 2.17. The van der Waals surface area contributed by atoms with Crippen LogP contribution in [-0.4, -0.2) is 43.9 Å². The minimum absolute atomic E-state index is 0.525. The van der Waals surface area contributed by atoms with Crippen molar-refractivity contribution in [1.82, 2.24) is 4.90 Å². The SMILES string of the molecule is Cc1cc(N2CCN(CC=O)CC2)cc(N)c1N. The van der Waals surface area contributed by atoms with E-state index in [2.05, 4.69) is 15.9 Å². The molecule has 0 aromatic heterocycles. The molecular weight excluding hydrogens is 228 g/mol. The first-order valence-corrected chi connectivity index (χ1v) is 6.18. The Balaban J connectivity index is 2.08. The lowest BCUT2D eigenvalue weighted by molar-refractivity contribution is -0.108.